The fraction of sp³-hybridized carbons (Fsp3) is 0.188. The van der Waals surface area contributed by atoms with Gasteiger partial charge >= 0.3 is 32.9 Å². The average Bonchev–Trinajstić information content (AvgIpc) is 2.38. The second-order valence-electron chi connectivity index (χ2n) is 4.75. The Morgan fingerprint density at radius 3 is 2.10 bits per heavy atom. The van der Waals surface area contributed by atoms with Crippen LogP contribution in [0.3, 0.4) is 0 Å². The zero-order valence-electron chi connectivity index (χ0n) is 13.7. The molecule has 0 saturated heterocycles. The van der Waals surface area contributed by atoms with Gasteiger partial charge in [0.2, 0.25) is 5.30 Å². The number of rotatable bonds is 3. The van der Waals surface area contributed by atoms with E-state index < -0.39 is 14.0 Å². The third-order valence-electron chi connectivity index (χ3n) is 3.01. The molecule has 1 unspecified atom stereocenters. The first-order valence-electron chi connectivity index (χ1n) is 6.31. The summed E-state index contributed by atoms with van der Waals surface area (Å²) >= 11 is 0. The first kappa shape index (κ1) is 17.7. The Bertz CT molecular complexity index is 651. The number of benzene rings is 2. The van der Waals surface area contributed by atoms with E-state index in [4.69, 9.17) is 4.52 Å². The summed E-state index contributed by atoms with van der Waals surface area (Å²) in [5.41, 5.74) is 3.26. The molecule has 0 spiro atoms. The van der Waals surface area contributed by atoms with Crippen LogP contribution >= 0.6 is 8.03 Å². The van der Waals surface area contributed by atoms with E-state index in [1.54, 1.807) is 24.3 Å². The van der Waals surface area contributed by atoms with Crippen molar-refractivity contribution in [3.05, 3.63) is 64.7 Å². The molecule has 104 valence electrons. The quantitative estimate of drug-likeness (QED) is 0.625. The van der Waals surface area contributed by atoms with Crippen LogP contribution in [0, 0.1) is 20.8 Å². The van der Waals surface area contributed by atoms with Gasteiger partial charge < -0.3 is 1.43 Å². The van der Waals surface area contributed by atoms with Gasteiger partial charge in [-0.15, -0.1) is 0 Å². The normalized spacial score (nSPS) is 10.5. The number of aryl methyl sites for hydroxylation is 3. The monoisotopic (exact) mass is 295 g/mol. The summed E-state index contributed by atoms with van der Waals surface area (Å²) in [7, 11) is -2.17. The Balaban J connectivity index is 0.00000220. The minimum Gasteiger partial charge on any atom is -1.00 e. The zero-order chi connectivity index (χ0) is 14.7. The molecular formula is C16H17LiO3P+. The smallest absolute Gasteiger partial charge is 1.00 e. The van der Waals surface area contributed by atoms with Gasteiger partial charge in [0, 0.05) is 0 Å². The van der Waals surface area contributed by atoms with Crippen LogP contribution in [0.1, 0.15) is 28.5 Å². The Morgan fingerprint density at radius 2 is 1.57 bits per heavy atom. The van der Waals surface area contributed by atoms with Gasteiger partial charge in [-0.1, -0.05) is 35.9 Å². The molecule has 0 fully saturated rings. The van der Waals surface area contributed by atoms with Crippen molar-refractivity contribution in [3.8, 4) is 0 Å². The van der Waals surface area contributed by atoms with Crippen molar-refractivity contribution < 1.29 is 34.2 Å². The SMILES string of the molecule is Cc1cc(C)c(C(=O)O[P+](=O)c2ccccc2)c(C)c1.[H-].[Li+]. The van der Waals surface area contributed by atoms with E-state index in [1.807, 2.05) is 39.0 Å². The molecule has 5 heteroatoms. The molecule has 1 atom stereocenters. The van der Waals surface area contributed by atoms with Crippen LogP contribution in [0.4, 0.5) is 0 Å². The number of hydrogen-bond donors (Lipinski definition) is 0. The Morgan fingerprint density at radius 1 is 1.05 bits per heavy atom. The maximum absolute atomic E-state index is 12.2. The van der Waals surface area contributed by atoms with Crippen LogP contribution in [-0.2, 0) is 9.09 Å². The molecule has 0 amide bonds. The first-order valence-corrected chi connectivity index (χ1v) is 7.49. The third-order valence-corrected chi connectivity index (χ3v) is 4.07. The molecule has 0 N–H and O–H groups in total. The molecule has 0 aliphatic carbocycles. The Hall–Kier alpha value is -1.39. The van der Waals surface area contributed by atoms with Gasteiger partial charge in [0.25, 0.3) is 0 Å². The largest absolute Gasteiger partial charge is 1.00 e. The van der Waals surface area contributed by atoms with E-state index in [1.165, 1.54) is 0 Å². The van der Waals surface area contributed by atoms with E-state index in [-0.39, 0.29) is 20.3 Å². The maximum Gasteiger partial charge on any atom is 1.00 e. The van der Waals surface area contributed by atoms with Crippen LogP contribution in [0.15, 0.2) is 42.5 Å². The molecule has 2 aromatic carbocycles. The van der Waals surface area contributed by atoms with E-state index in [0.29, 0.717) is 10.9 Å². The molecule has 0 aliphatic heterocycles. The summed E-state index contributed by atoms with van der Waals surface area (Å²) in [5.74, 6) is -0.537. The van der Waals surface area contributed by atoms with Crippen molar-refractivity contribution in [1.82, 2.24) is 0 Å². The predicted molar refractivity (Wildman–Crippen MR) is 80.9 cm³/mol. The van der Waals surface area contributed by atoms with E-state index >= 15 is 0 Å². The van der Waals surface area contributed by atoms with E-state index in [9.17, 15) is 9.36 Å². The van der Waals surface area contributed by atoms with Gasteiger partial charge in [0.15, 0.2) is 0 Å². The van der Waals surface area contributed by atoms with Crippen LogP contribution in [0.25, 0.3) is 0 Å². The number of carbonyl (C=O) groups is 1. The number of carbonyl (C=O) groups excluding carboxylic acids is 1. The second kappa shape index (κ2) is 7.57. The van der Waals surface area contributed by atoms with Crippen LogP contribution in [0.5, 0.6) is 0 Å². The molecule has 0 bridgehead atoms. The topological polar surface area (TPSA) is 43.4 Å². The molecule has 0 heterocycles. The molecule has 0 aliphatic rings. The van der Waals surface area contributed by atoms with E-state index in [0.717, 1.165) is 16.7 Å². The molecule has 2 rings (SSSR count). The van der Waals surface area contributed by atoms with Crippen LogP contribution in [0.2, 0.25) is 0 Å². The van der Waals surface area contributed by atoms with Crippen molar-refractivity contribution in [1.29, 1.82) is 0 Å². The number of hydrogen-bond acceptors (Lipinski definition) is 3. The summed E-state index contributed by atoms with van der Waals surface area (Å²) in [6.07, 6.45) is 0. The summed E-state index contributed by atoms with van der Waals surface area (Å²) in [5, 5.41) is 0.512. The van der Waals surface area contributed by atoms with Gasteiger partial charge in [-0.25, -0.2) is 9.32 Å². The minimum atomic E-state index is -2.17. The first-order chi connectivity index (χ1) is 9.49. The van der Waals surface area contributed by atoms with Crippen molar-refractivity contribution >= 4 is 19.3 Å². The predicted octanol–water partition coefficient (Wildman–Crippen LogP) is 0.953. The van der Waals surface area contributed by atoms with Crippen molar-refractivity contribution in [2.75, 3.05) is 0 Å². The molecule has 21 heavy (non-hydrogen) atoms. The minimum absolute atomic E-state index is 0. The average molecular weight is 295 g/mol. The van der Waals surface area contributed by atoms with Gasteiger partial charge in [-0.2, -0.15) is 0 Å². The summed E-state index contributed by atoms with van der Waals surface area (Å²) in [6.45, 7) is 5.68. The molecular weight excluding hydrogens is 278 g/mol. The molecule has 3 nitrogen and oxygen atoms in total. The van der Waals surface area contributed by atoms with Crippen molar-refractivity contribution in [2.45, 2.75) is 20.8 Å². The summed E-state index contributed by atoms with van der Waals surface area (Å²) in [4.78, 5) is 12.2. The standard InChI is InChI=1S/C16H16O3P.Li.H/c1-11-9-12(2)15(13(3)10-11)16(17)19-20(18)14-7-5-4-6-8-14;;/h4-10H,1-3H3;;/q2*+1;-1. The Labute approximate surface area is 139 Å². The van der Waals surface area contributed by atoms with Gasteiger partial charge in [-0.05, 0) is 48.6 Å². The zero-order valence-corrected chi connectivity index (χ0v) is 13.6. The fourth-order valence-corrected chi connectivity index (χ4v) is 2.99. The maximum atomic E-state index is 12.2. The molecule has 0 aromatic heterocycles. The van der Waals surface area contributed by atoms with Crippen LogP contribution in [-0.4, -0.2) is 5.97 Å². The second-order valence-corrected chi connectivity index (χ2v) is 5.96. The van der Waals surface area contributed by atoms with Gasteiger partial charge in [0.1, 0.15) is 0 Å². The Kier molecular flexibility index (Phi) is 6.36. The van der Waals surface area contributed by atoms with Crippen LogP contribution < -0.4 is 24.2 Å². The summed E-state index contributed by atoms with van der Waals surface area (Å²) in [6, 6.07) is 12.5. The third kappa shape index (κ3) is 4.29. The van der Waals surface area contributed by atoms with Gasteiger partial charge in [0.05, 0.1) is 5.56 Å². The molecule has 2 aromatic rings. The molecule has 0 saturated carbocycles. The van der Waals surface area contributed by atoms with Crippen molar-refractivity contribution in [3.63, 3.8) is 0 Å². The summed E-state index contributed by atoms with van der Waals surface area (Å²) < 4.78 is 17.1. The van der Waals surface area contributed by atoms with Crippen molar-refractivity contribution in [2.24, 2.45) is 0 Å². The molecule has 0 radical (unpaired) electrons. The van der Waals surface area contributed by atoms with Gasteiger partial charge in [-0.3, -0.25) is 0 Å². The van der Waals surface area contributed by atoms with E-state index in [2.05, 4.69) is 0 Å². The fourth-order valence-electron chi connectivity index (χ4n) is 2.23.